The number of hydrogen-bond donors (Lipinski definition) is 1. The molecule has 0 radical (unpaired) electrons. The van der Waals surface area contributed by atoms with Crippen LogP contribution in [0.25, 0.3) is 5.65 Å². The number of nitrogens with one attached hydrogen (secondary N) is 1. The van der Waals surface area contributed by atoms with E-state index in [1.807, 2.05) is 46.9 Å². The molecule has 1 saturated heterocycles. The highest BCUT2D eigenvalue weighted by atomic mass is 16.2. The number of imidazole rings is 2. The highest BCUT2D eigenvalue weighted by Gasteiger charge is 2.30. The molecule has 1 aliphatic carbocycles. The largest absolute Gasteiger partial charge is 0.348 e. The van der Waals surface area contributed by atoms with Gasteiger partial charge in [0.15, 0.2) is 5.69 Å². The predicted octanol–water partition coefficient (Wildman–Crippen LogP) is 2.78. The van der Waals surface area contributed by atoms with Gasteiger partial charge in [-0.3, -0.25) is 14.6 Å². The number of H-pyrrole nitrogens is 1. The standard InChI is InChI=1S/C24H33N7O/c1-28(18-21-25-10-11-26-21)17-20-23(27-22-9-5-6-12-31(20)22)24(32)30-15-13-29(14-16-30)19-7-3-2-4-8-19/h5-6,9-12,19H,2-4,7-8,13-18H2,1H3,(H,25,26). The molecule has 5 rings (SSSR count). The number of piperazine rings is 1. The first kappa shape index (κ1) is 21.2. The van der Waals surface area contributed by atoms with Gasteiger partial charge < -0.3 is 14.3 Å². The van der Waals surface area contributed by atoms with E-state index in [0.29, 0.717) is 24.8 Å². The topological polar surface area (TPSA) is 72.8 Å². The van der Waals surface area contributed by atoms with E-state index in [1.165, 1.54) is 32.1 Å². The Balaban J connectivity index is 1.32. The van der Waals surface area contributed by atoms with Gasteiger partial charge in [-0.1, -0.05) is 25.3 Å². The molecular weight excluding hydrogens is 402 g/mol. The van der Waals surface area contributed by atoms with Gasteiger partial charge in [-0.25, -0.2) is 9.97 Å². The lowest BCUT2D eigenvalue weighted by Crippen LogP contribution is -2.52. The number of carbonyl (C=O) groups excluding carboxylic acids is 1. The molecule has 3 aromatic rings. The fraction of sp³-hybridized carbons (Fsp3) is 0.542. The summed E-state index contributed by atoms with van der Waals surface area (Å²) in [7, 11) is 2.04. The molecule has 32 heavy (non-hydrogen) atoms. The minimum absolute atomic E-state index is 0.0541. The van der Waals surface area contributed by atoms with Crippen molar-refractivity contribution in [3.05, 3.63) is 54.0 Å². The molecule has 1 aliphatic heterocycles. The first-order valence-electron chi connectivity index (χ1n) is 11.8. The fourth-order valence-electron chi connectivity index (χ4n) is 5.21. The van der Waals surface area contributed by atoms with Gasteiger partial charge in [-0.2, -0.15) is 0 Å². The van der Waals surface area contributed by atoms with Gasteiger partial charge in [0.05, 0.1) is 12.2 Å². The molecule has 4 heterocycles. The second kappa shape index (κ2) is 9.42. The van der Waals surface area contributed by atoms with E-state index in [4.69, 9.17) is 4.98 Å². The van der Waals surface area contributed by atoms with Crippen LogP contribution < -0.4 is 0 Å². The third kappa shape index (κ3) is 4.42. The van der Waals surface area contributed by atoms with Crippen LogP contribution >= 0.6 is 0 Å². The summed E-state index contributed by atoms with van der Waals surface area (Å²) in [5.41, 5.74) is 2.33. The molecule has 1 saturated carbocycles. The number of fused-ring (bicyclic) bond motifs is 1. The highest BCUT2D eigenvalue weighted by molar-refractivity contribution is 5.94. The molecule has 1 N–H and O–H groups in total. The summed E-state index contributed by atoms with van der Waals surface area (Å²) in [6.45, 7) is 4.81. The predicted molar refractivity (Wildman–Crippen MR) is 123 cm³/mol. The smallest absolute Gasteiger partial charge is 0.274 e. The second-order valence-electron chi connectivity index (χ2n) is 9.16. The molecular formula is C24H33N7O. The van der Waals surface area contributed by atoms with Crippen molar-refractivity contribution in [3.63, 3.8) is 0 Å². The van der Waals surface area contributed by atoms with Crippen LogP contribution in [0.2, 0.25) is 0 Å². The maximum atomic E-state index is 13.6. The summed E-state index contributed by atoms with van der Waals surface area (Å²) in [6, 6.07) is 6.63. The molecule has 0 aromatic carbocycles. The number of carbonyl (C=O) groups is 1. The van der Waals surface area contributed by atoms with E-state index in [1.54, 1.807) is 6.20 Å². The van der Waals surface area contributed by atoms with Gasteiger partial charge in [-0.15, -0.1) is 0 Å². The van der Waals surface area contributed by atoms with E-state index in [-0.39, 0.29) is 5.91 Å². The first-order chi connectivity index (χ1) is 15.7. The Labute approximate surface area is 189 Å². The Morgan fingerprint density at radius 2 is 1.94 bits per heavy atom. The number of nitrogens with zero attached hydrogens (tertiary/aromatic N) is 6. The van der Waals surface area contributed by atoms with Crippen LogP contribution in [0.15, 0.2) is 36.8 Å². The average Bonchev–Trinajstić information content (AvgIpc) is 3.47. The molecule has 0 atom stereocenters. The number of amides is 1. The Kier molecular flexibility index (Phi) is 6.23. The van der Waals surface area contributed by atoms with Crippen molar-refractivity contribution in [1.29, 1.82) is 0 Å². The SMILES string of the molecule is CN(Cc1ncc[nH]1)Cc1c(C(=O)N2CCN(C3CCCCC3)CC2)nc2ccccn12. The number of aromatic nitrogens is 4. The van der Waals surface area contributed by atoms with Crippen LogP contribution in [0.4, 0.5) is 0 Å². The molecule has 170 valence electrons. The summed E-state index contributed by atoms with van der Waals surface area (Å²) < 4.78 is 2.05. The summed E-state index contributed by atoms with van der Waals surface area (Å²) in [5.74, 6) is 0.964. The minimum atomic E-state index is 0.0541. The zero-order valence-electron chi connectivity index (χ0n) is 18.9. The van der Waals surface area contributed by atoms with Crippen molar-refractivity contribution < 1.29 is 4.79 Å². The quantitative estimate of drug-likeness (QED) is 0.645. The molecule has 8 nitrogen and oxygen atoms in total. The maximum absolute atomic E-state index is 13.6. The van der Waals surface area contributed by atoms with Crippen molar-refractivity contribution in [2.24, 2.45) is 0 Å². The summed E-state index contributed by atoms with van der Waals surface area (Å²) in [6.07, 6.45) is 12.3. The number of aromatic amines is 1. The second-order valence-corrected chi connectivity index (χ2v) is 9.16. The average molecular weight is 436 g/mol. The zero-order chi connectivity index (χ0) is 21.9. The third-order valence-corrected chi connectivity index (χ3v) is 6.92. The van der Waals surface area contributed by atoms with Crippen LogP contribution in [0.1, 0.15) is 54.1 Å². The molecule has 1 amide bonds. The number of rotatable bonds is 6. The van der Waals surface area contributed by atoms with E-state index in [2.05, 4.69) is 19.8 Å². The van der Waals surface area contributed by atoms with E-state index < -0.39 is 0 Å². The van der Waals surface area contributed by atoms with Gasteiger partial charge in [0.2, 0.25) is 0 Å². The van der Waals surface area contributed by atoms with Gasteiger partial charge in [0.1, 0.15) is 11.5 Å². The molecule has 0 unspecified atom stereocenters. The molecule has 0 bridgehead atoms. The van der Waals surface area contributed by atoms with Crippen LogP contribution in [-0.4, -0.2) is 79.2 Å². The Morgan fingerprint density at radius 1 is 1.12 bits per heavy atom. The molecule has 0 spiro atoms. The normalized spacial score (nSPS) is 18.6. The maximum Gasteiger partial charge on any atom is 0.274 e. The van der Waals surface area contributed by atoms with Crippen molar-refractivity contribution in [2.45, 2.75) is 51.2 Å². The van der Waals surface area contributed by atoms with Crippen molar-refractivity contribution >= 4 is 11.6 Å². The van der Waals surface area contributed by atoms with Gasteiger partial charge >= 0.3 is 0 Å². The lowest BCUT2D eigenvalue weighted by molar-refractivity contribution is 0.0517. The number of pyridine rings is 1. The van der Waals surface area contributed by atoms with Gasteiger partial charge in [0.25, 0.3) is 5.91 Å². The summed E-state index contributed by atoms with van der Waals surface area (Å²) in [5, 5.41) is 0. The third-order valence-electron chi connectivity index (χ3n) is 6.92. The van der Waals surface area contributed by atoms with Crippen molar-refractivity contribution in [1.82, 2.24) is 34.1 Å². The Bertz CT molecular complexity index is 1030. The summed E-state index contributed by atoms with van der Waals surface area (Å²) >= 11 is 0. The molecule has 2 aliphatic rings. The van der Waals surface area contributed by atoms with Crippen LogP contribution in [0, 0.1) is 0 Å². The van der Waals surface area contributed by atoms with E-state index in [0.717, 1.165) is 43.3 Å². The van der Waals surface area contributed by atoms with Crippen molar-refractivity contribution in [2.75, 3.05) is 33.2 Å². The van der Waals surface area contributed by atoms with Crippen molar-refractivity contribution in [3.8, 4) is 0 Å². The van der Waals surface area contributed by atoms with E-state index >= 15 is 0 Å². The minimum Gasteiger partial charge on any atom is -0.348 e. The lowest BCUT2D eigenvalue weighted by Gasteiger charge is -2.40. The first-order valence-corrected chi connectivity index (χ1v) is 11.8. The molecule has 8 heteroatoms. The zero-order valence-corrected chi connectivity index (χ0v) is 18.9. The highest BCUT2D eigenvalue weighted by Crippen LogP contribution is 2.24. The summed E-state index contributed by atoms with van der Waals surface area (Å²) in [4.78, 5) is 32.6. The monoisotopic (exact) mass is 435 g/mol. The van der Waals surface area contributed by atoms with E-state index in [9.17, 15) is 4.79 Å². The lowest BCUT2D eigenvalue weighted by atomic mass is 9.94. The van der Waals surface area contributed by atoms with Gasteiger partial charge in [0, 0.05) is 57.4 Å². The van der Waals surface area contributed by atoms with Gasteiger partial charge in [-0.05, 0) is 32.0 Å². The van der Waals surface area contributed by atoms with Crippen LogP contribution in [0.5, 0.6) is 0 Å². The van der Waals surface area contributed by atoms with Crippen LogP contribution in [-0.2, 0) is 13.1 Å². The molecule has 3 aromatic heterocycles. The molecule has 2 fully saturated rings. The Hall–Kier alpha value is -2.71. The van der Waals surface area contributed by atoms with Crippen LogP contribution in [0.3, 0.4) is 0 Å². The fourth-order valence-corrected chi connectivity index (χ4v) is 5.21. The number of hydrogen-bond acceptors (Lipinski definition) is 5. The Morgan fingerprint density at radius 3 is 2.69 bits per heavy atom.